The number of hydrogen-bond donors (Lipinski definition) is 1. The van der Waals surface area contributed by atoms with Crippen LogP contribution in [0.4, 0.5) is 5.82 Å². The molecule has 0 radical (unpaired) electrons. The number of aromatic nitrogens is 3. The second-order valence-corrected chi connectivity index (χ2v) is 5.81. The van der Waals surface area contributed by atoms with Crippen molar-refractivity contribution < 1.29 is 0 Å². The number of hydrogen-bond acceptors (Lipinski definition) is 4. The van der Waals surface area contributed by atoms with E-state index in [1.54, 1.807) is 12.4 Å². The molecule has 0 fully saturated rings. The standard InChI is InChI=1S/C18H17ClN4/c1-12-11-17(22-13(2)14-3-5-16(19)6-4-14)23-18(21-12)15-7-9-20-10-8-15/h3-11,13H,1-2H3,(H,21,22,23). The summed E-state index contributed by atoms with van der Waals surface area (Å²) in [7, 11) is 0. The van der Waals surface area contributed by atoms with E-state index in [-0.39, 0.29) is 6.04 Å². The molecule has 1 N–H and O–H groups in total. The number of nitrogens with one attached hydrogen (secondary N) is 1. The molecule has 1 atom stereocenters. The van der Waals surface area contributed by atoms with Gasteiger partial charge in [0.05, 0.1) is 0 Å². The van der Waals surface area contributed by atoms with Crippen molar-refractivity contribution in [2.24, 2.45) is 0 Å². The topological polar surface area (TPSA) is 50.7 Å². The Morgan fingerprint density at radius 1 is 1.00 bits per heavy atom. The van der Waals surface area contributed by atoms with Crippen LogP contribution in [0.5, 0.6) is 0 Å². The van der Waals surface area contributed by atoms with Crippen LogP contribution < -0.4 is 5.32 Å². The van der Waals surface area contributed by atoms with E-state index in [4.69, 9.17) is 11.6 Å². The van der Waals surface area contributed by atoms with E-state index < -0.39 is 0 Å². The highest BCUT2D eigenvalue weighted by Crippen LogP contribution is 2.22. The minimum Gasteiger partial charge on any atom is -0.363 e. The summed E-state index contributed by atoms with van der Waals surface area (Å²) in [4.78, 5) is 13.1. The van der Waals surface area contributed by atoms with E-state index in [0.717, 1.165) is 27.7 Å². The first-order valence-corrected chi connectivity index (χ1v) is 7.78. The predicted octanol–water partition coefficient (Wildman–Crippen LogP) is 4.67. The summed E-state index contributed by atoms with van der Waals surface area (Å²) in [6.07, 6.45) is 3.48. The maximum absolute atomic E-state index is 5.94. The minimum atomic E-state index is 0.117. The molecule has 3 rings (SSSR count). The molecule has 4 nitrogen and oxygen atoms in total. The van der Waals surface area contributed by atoms with Crippen molar-refractivity contribution in [3.05, 3.63) is 71.1 Å². The van der Waals surface area contributed by atoms with Gasteiger partial charge in [-0.1, -0.05) is 23.7 Å². The summed E-state index contributed by atoms with van der Waals surface area (Å²) in [6, 6.07) is 13.7. The summed E-state index contributed by atoms with van der Waals surface area (Å²) < 4.78 is 0. The lowest BCUT2D eigenvalue weighted by atomic mass is 10.1. The monoisotopic (exact) mass is 324 g/mol. The van der Waals surface area contributed by atoms with Crippen LogP contribution in [0.15, 0.2) is 54.9 Å². The summed E-state index contributed by atoms with van der Waals surface area (Å²) in [5.74, 6) is 1.49. The van der Waals surface area contributed by atoms with Crippen LogP contribution in [0.3, 0.4) is 0 Å². The van der Waals surface area contributed by atoms with Crippen LogP contribution in [-0.4, -0.2) is 15.0 Å². The molecule has 0 saturated heterocycles. The quantitative estimate of drug-likeness (QED) is 0.757. The Morgan fingerprint density at radius 2 is 1.70 bits per heavy atom. The molecule has 0 aliphatic carbocycles. The van der Waals surface area contributed by atoms with Crippen LogP contribution >= 0.6 is 11.6 Å². The summed E-state index contributed by atoms with van der Waals surface area (Å²) in [5.41, 5.74) is 3.01. The molecule has 0 bridgehead atoms. The van der Waals surface area contributed by atoms with Gasteiger partial charge in [-0.3, -0.25) is 4.98 Å². The molecule has 0 saturated carbocycles. The Kier molecular flexibility index (Phi) is 4.53. The SMILES string of the molecule is Cc1cc(NC(C)c2ccc(Cl)cc2)nc(-c2ccncc2)n1. The number of halogens is 1. The average molecular weight is 325 g/mol. The smallest absolute Gasteiger partial charge is 0.161 e. The Balaban J connectivity index is 1.85. The van der Waals surface area contributed by atoms with Gasteiger partial charge in [-0.2, -0.15) is 0 Å². The molecule has 5 heteroatoms. The highest BCUT2D eigenvalue weighted by Gasteiger charge is 2.09. The van der Waals surface area contributed by atoms with E-state index in [1.165, 1.54) is 0 Å². The van der Waals surface area contributed by atoms with E-state index in [1.807, 2.05) is 49.4 Å². The number of aryl methyl sites for hydroxylation is 1. The normalized spacial score (nSPS) is 12.0. The number of rotatable bonds is 4. The lowest BCUT2D eigenvalue weighted by molar-refractivity contribution is 0.871. The second-order valence-electron chi connectivity index (χ2n) is 5.37. The maximum Gasteiger partial charge on any atom is 0.161 e. The van der Waals surface area contributed by atoms with Crippen LogP contribution in [0.25, 0.3) is 11.4 Å². The third kappa shape index (κ3) is 3.85. The van der Waals surface area contributed by atoms with Gasteiger partial charge in [0, 0.05) is 40.8 Å². The minimum absolute atomic E-state index is 0.117. The molecule has 0 amide bonds. The van der Waals surface area contributed by atoms with Gasteiger partial charge in [-0.15, -0.1) is 0 Å². The zero-order valence-electron chi connectivity index (χ0n) is 13.0. The fraction of sp³-hybridized carbons (Fsp3) is 0.167. The molecule has 2 aromatic heterocycles. The van der Waals surface area contributed by atoms with Crippen molar-refractivity contribution in [3.8, 4) is 11.4 Å². The molecule has 3 aromatic rings. The first-order chi connectivity index (χ1) is 11.1. The van der Waals surface area contributed by atoms with Crippen molar-refractivity contribution >= 4 is 17.4 Å². The van der Waals surface area contributed by atoms with Crippen LogP contribution in [-0.2, 0) is 0 Å². The molecule has 1 aromatic carbocycles. The fourth-order valence-electron chi connectivity index (χ4n) is 2.33. The predicted molar refractivity (Wildman–Crippen MR) is 93.5 cm³/mol. The van der Waals surface area contributed by atoms with Crippen molar-refractivity contribution in [2.45, 2.75) is 19.9 Å². The molecule has 116 valence electrons. The van der Waals surface area contributed by atoms with E-state index in [0.29, 0.717) is 5.82 Å². The third-order valence-electron chi connectivity index (χ3n) is 3.53. The summed E-state index contributed by atoms with van der Waals surface area (Å²) >= 11 is 5.94. The second kappa shape index (κ2) is 6.75. The van der Waals surface area contributed by atoms with Crippen molar-refractivity contribution in [2.75, 3.05) is 5.32 Å². The van der Waals surface area contributed by atoms with Crippen LogP contribution in [0, 0.1) is 6.92 Å². The van der Waals surface area contributed by atoms with Crippen LogP contribution in [0.2, 0.25) is 5.02 Å². The van der Waals surface area contributed by atoms with Crippen LogP contribution in [0.1, 0.15) is 24.2 Å². The largest absolute Gasteiger partial charge is 0.363 e. The first-order valence-electron chi connectivity index (χ1n) is 7.40. The van der Waals surface area contributed by atoms with E-state index >= 15 is 0 Å². The van der Waals surface area contributed by atoms with Gasteiger partial charge in [0.15, 0.2) is 5.82 Å². The zero-order chi connectivity index (χ0) is 16.2. The first kappa shape index (κ1) is 15.4. The fourth-order valence-corrected chi connectivity index (χ4v) is 2.46. The van der Waals surface area contributed by atoms with E-state index in [9.17, 15) is 0 Å². The number of benzene rings is 1. The molecule has 23 heavy (non-hydrogen) atoms. The molecular formula is C18H17ClN4. The Hall–Kier alpha value is -2.46. The third-order valence-corrected chi connectivity index (χ3v) is 3.78. The molecule has 0 aliphatic rings. The average Bonchev–Trinajstić information content (AvgIpc) is 2.55. The van der Waals surface area contributed by atoms with Gasteiger partial charge in [-0.05, 0) is 43.7 Å². The summed E-state index contributed by atoms with van der Waals surface area (Å²) in [6.45, 7) is 4.05. The highest BCUT2D eigenvalue weighted by molar-refractivity contribution is 6.30. The van der Waals surface area contributed by atoms with Gasteiger partial charge >= 0.3 is 0 Å². The Morgan fingerprint density at radius 3 is 2.39 bits per heavy atom. The zero-order valence-corrected chi connectivity index (χ0v) is 13.7. The Bertz CT molecular complexity index is 788. The van der Waals surface area contributed by atoms with Crippen molar-refractivity contribution in [1.82, 2.24) is 15.0 Å². The van der Waals surface area contributed by atoms with Crippen molar-refractivity contribution in [3.63, 3.8) is 0 Å². The van der Waals surface area contributed by atoms with Gasteiger partial charge in [-0.25, -0.2) is 9.97 Å². The number of anilines is 1. The molecule has 1 unspecified atom stereocenters. The van der Waals surface area contributed by atoms with Gasteiger partial charge < -0.3 is 5.32 Å². The lowest BCUT2D eigenvalue weighted by Gasteiger charge is -2.16. The van der Waals surface area contributed by atoms with Gasteiger partial charge in [0.1, 0.15) is 5.82 Å². The molecule has 0 spiro atoms. The number of pyridine rings is 1. The van der Waals surface area contributed by atoms with E-state index in [2.05, 4.69) is 27.2 Å². The lowest BCUT2D eigenvalue weighted by Crippen LogP contribution is -2.09. The Labute approximate surface area is 140 Å². The van der Waals surface area contributed by atoms with Crippen molar-refractivity contribution in [1.29, 1.82) is 0 Å². The van der Waals surface area contributed by atoms with Gasteiger partial charge in [0.2, 0.25) is 0 Å². The number of nitrogens with zero attached hydrogens (tertiary/aromatic N) is 3. The molecule has 0 aliphatic heterocycles. The maximum atomic E-state index is 5.94. The summed E-state index contributed by atoms with van der Waals surface area (Å²) in [5, 5.41) is 4.15. The molecular weight excluding hydrogens is 308 g/mol. The highest BCUT2D eigenvalue weighted by atomic mass is 35.5. The van der Waals surface area contributed by atoms with Gasteiger partial charge in [0.25, 0.3) is 0 Å². The molecule has 2 heterocycles.